The lowest BCUT2D eigenvalue weighted by Crippen LogP contribution is -2.10. The van der Waals surface area contributed by atoms with E-state index in [2.05, 4.69) is 21.7 Å². The quantitative estimate of drug-likeness (QED) is 0.804. The molecule has 0 amide bonds. The zero-order valence-corrected chi connectivity index (χ0v) is 12.9. The summed E-state index contributed by atoms with van der Waals surface area (Å²) >= 11 is 0. The number of ether oxygens (including phenoxy) is 2. The van der Waals surface area contributed by atoms with E-state index in [1.807, 2.05) is 42.9 Å². The fraction of sp³-hybridized carbons (Fsp3) is 0.211. The summed E-state index contributed by atoms with van der Waals surface area (Å²) in [4.78, 5) is 4.26. The molecule has 1 N–H and O–H groups in total. The number of hydrogen-bond donors (Lipinski definition) is 1. The van der Waals surface area contributed by atoms with Crippen LogP contribution in [0.25, 0.3) is 11.3 Å². The maximum Gasteiger partial charge on any atom is 0.231 e. The molecular weight excluding hydrogens is 304 g/mol. The van der Waals surface area contributed by atoms with Crippen LogP contribution in [-0.4, -0.2) is 21.5 Å². The second-order valence-electron chi connectivity index (χ2n) is 6.15. The largest absolute Gasteiger partial charge is 0.454 e. The van der Waals surface area contributed by atoms with Gasteiger partial charge in [-0.05, 0) is 23.3 Å². The predicted octanol–water partition coefficient (Wildman–Crippen LogP) is 3.31. The SMILES string of the molecule is OC(CC1c2ccccc2-c2cncn21)c1ccc2c(c1)OCO2. The minimum absolute atomic E-state index is 0.0825. The van der Waals surface area contributed by atoms with Gasteiger partial charge in [0.2, 0.25) is 6.79 Å². The molecule has 0 bridgehead atoms. The van der Waals surface area contributed by atoms with Gasteiger partial charge < -0.3 is 19.1 Å². The first-order valence-corrected chi connectivity index (χ1v) is 8.00. The van der Waals surface area contributed by atoms with Gasteiger partial charge in [0.15, 0.2) is 11.5 Å². The Morgan fingerprint density at radius 1 is 1.17 bits per heavy atom. The van der Waals surface area contributed by atoms with Crippen molar-refractivity contribution >= 4 is 0 Å². The van der Waals surface area contributed by atoms with Crippen LogP contribution in [0.2, 0.25) is 0 Å². The van der Waals surface area contributed by atoms with Crippen molar-refractivity contribution in [1.82, 2.24) is 9.55 Å². The van der Waals surface area contributed by atoms with Gasteiger partial charge in [-0.2, -0.15) is 0 Å². The number of benzene rings is 2. The Labute approximate surface area is 139 Å². The highest BCUT2D eigenvalue weighted by Gasteiger charge is 2.30. The molecule has 24 heavy (non-hydrogen) atoms. The van der Waals surface area contributed by atoms with Gasteiger partial charge in [-0.1, -0.05) is 30.3 Å². The molecule has 2 unspecified atom stereocenters. The lowest BCUT2D eigenvalue weighted by molar-refractivity contribution is 0.153. The Balaban J connectivity index is 1.48. The van der Waals surface area contributed by atoms with E-state index in [0.717, 1.165) is 17.0 Å². The number of nitrogens with zero attached hydrogens (tertiary/aromatic N) is 2. The number of aliphatic hydroxyl groups excluding tert-OH is 1. The molecule has 0 saturated carbocycles. The van der Waals surface area contributed by atoms with E-state index in [4.69, 9.17) is 9.47 Å². The summed E-state index contributed by atoms with van der Waals surface area (Å²) in [5.41, 5.74) is 4.37. The number of fused-ring (bicyclic) bond motifs is 4. The van der Waals surface area contributed by atoms with Crippen molar-refractivity contribution in [3.05, 3.63) is 66.1 Å². The summed E-state index contributed by atoms with van der Waals surface area (Å²) < 4.78 is 12.9. The van der Waals surface area contributed by atoms with E-state index < -0.39 is 6.10 Å². The number of aliphatic hydroxyl groups is 1. The molecule has 5 heteroatoms. The molecule has 3 heterocycles. The minimum atomic E-state index is -0.592. The number of rotatable bonds is 3. The van der Waals surface area contributed by atoms with Gasteiger partial charge in [0, 0.05) is 12.0 Å². The van der Waals surface area contributed by atoms with Crippen molar-refractivity contribution in [3.8, 4) is 22.8 Å². The third-order valence-corrected chi connectivity index (χ3v) is 4.83. The molecule has 3 aromatic rings. The average molecular weight is 320 g/mol. The van der Waals surface area contributed by atoms with E-state index in [1.54, 1.807) is 0 Å². The molecule has 120 valence electrons. The van der Waals surface area contributed by atoms with E-state index in [-0.39, 0.29) is 12.8 Å². The van der Waals surface area contributed by atoms with Crippen LogP contribution >= 0.6 is 0 Å². The molecule has 0 aliphatic carbocycles. The second-order valence-corrected chi connectivity index (χ2v) is 6.15. The van der Waals surface area contributed by atoms with Crippen molar-refractivity contribution in [3.63, 3.8) is 0 Å². The summed E-state index contributed by atoms with van der Waals surface area (Å²) in [6.45, 7) is 0.239. The Kier molecular flexibility index (Phi) is 2.90. The van der Waals surface area contributed by atoms with Gasteiger partial charge in [-0.3, -0.25) is 0 Å². The van der Waals surface area contributed by atoms with Crippen LogP contribution in [0.4, 0.5) is 0 Å². The summed E-state index contributed by atoms with van der Waals surface area (Å²) in [5.74, 6) is 1.43. The fourth-order valence-electron chi connectivity index (χ4n) is 3.64. The van der Waals surface area contributed by atoms with E-state index >= 15 is 0 Å². The van der Waals surface area contributed by atoms with E-state index in [0.29, 0.717) is 12.2 Å². The van der Waals surface area contributed by atoms with Crippen molar-refractivity contribution in [2.24, 2.45) is 0 Å². The van der Waals surface area contributed by atoms with Gasteiger partial charge in [-0.25, -0.2) is 4.98 Å². The molecule has 5 nitrogen and oxygen atoms in total. The number of hydrogen-bond acceptors (Lipinski definition) is 4. The Morgan fingerprint density at radius 3 is 3.00 bits per heavy atom. The third kappa shape index (κ3) is 1.95. The van der Waals surface area contributed by atoms with Crippen molar-refractivity contribution in [1.29, 1.82) is 0 Å². The Hall–Kier alpha value is -2.79. The Morgan fingerprint density at radius 2 is 2.04 bits per heavy atom. The monoisotopic (exact) mass is 320 g/mol. The first-order valence-electron chi connectivity index (χ1n) is 8.00. The topological polar surface area (TPSA) is 56.5 Å². The molecule has 2 aliphatic rings. The molecule has 0 saturated heterocycles. The summed E-state index contributed by atoms with van der Waals surface area (Å²) in [6, 6.07) is 14.0. The number of aromatic nitrogens is 2. The molecule has 5 rings (SSSR count). The van der Waals surface area contributed by atoms with Crippen LogP contribution in [0.1, 0.15) is 29.7 Å². The summed E-state index contributed by atoms with van der Waals surface area (Å²) in [6.07, 6.45) is 3.71. The van der Waals surface area contributed by atoms with Crippen LogP contribution in [-0.2, 0) is 0 Å². The second kappa shape index (κ2) is 5.11. The molecule has 2 aromatic carbocycles. The minimum Gasteiger partial charge on any atom is -0.454 e. The normalized spacial score (nSPS) is 18.3. The Bertz CT molecular complexity index is 918. The predicted molar refractivity (Wildman–Crippen MR) is 87.9 cm³/mol. The smallest absolute Gasteiger partial charge is 0.231 e. The molecule has 2 atom stereocenters. The van der Waals surface area contributed by atoms with Crippen LogP contribution in [0.15, 0.2) is 55.0 Å². The van der Waals surface area contributed by atoms with Crippen LogP contribution in [0.3, 0.4) is 0 Å². The summed E-state index contributed by atoms with van der Waals surface area (Å²) in [5, 5.41) is 10.8. The van der Waals surface area contributed by atoms with Crippen molar-refractivity contribution < 1.29 is 14.6 Å². The highest BCUT2D eigenvalue weighted by Crippen LogP contribution is 2.43. The van der Waals surface area contributed by atoms with E-state index in [1.165, 1.54) is 11.1 Å². The first-order chi connectivity index (χ1) is 11.8. The van der Waals surface area contributed by atoms with E-state index in [9.17, 15) is 5.11 Å². The highest BCUT2D eigenvalue weighted by molar-refractivity contribution is 5.69. The van der Waals surface area contributed by atoms with Crippen molar-refractivity contribution in [2.45, 2.75) is 18.6 Å². The zero-order chi connectivity index (χ0) is 16.1. The van der Waals surface area contributed by atoms with Gasteiger partial charge >= 0.3 is 0 Å². The maximum atomic E-state index is 10.8. The molecule has 0 fully saturated rings. The standard InChI is InChI=1S/C19H16N2O3/c22-17(12-5-6-18-19(7-12)24-11-23-18)8-15-13-3-1-2-4-14(13)16-9-20-10-21(15)16/h1-7,9-10,15,17,22H,8,11H2. The van der Waals surface area contributed by atoms with Gasteiger partial charge in [0.1, 0.15) is 0 Å². The van der Waals surface area contributed by atoms with Gasteiger partial charge in [-0.15, -0.1) is 0 Å². The molecule has 1 aromatic heterocycles. The zero-order valence-electron chi connectivity index (χ0n) is 12.9. The fourth-order valence-corrected chi connectivity index (χ4v) is 3.64. The first kappa shape index (κ1) is 13.6. The van der Waals surface area contributed by atoms with Crippen LogP contribution in [0, 0.1) is 0 Å². The van der Waals surface area contributed by atoms with Crippen LogP contribution in [0.5, 0.6) is 11.5 Å². The average Bonchev–Trinajstić information content (AvgIpc) is 3.31. The van der Waals surface area contributed by atoms with Crippen LogP contribution < -0.4 is 9.47 Å². The van der Waals surface area contributed by atoms with Gasteiger partial charge in [0.05, 0.1) is 30.4 Å². The highest BCUT2D eigenvalue weighted by atomic mass is 16.7. The third-order valence-electron chi connectivity index (χ3n) is 4.83. The molecule has 0 spiro atoms. The lowest BCUT2D eigenvalue weighted by atomic mass is 9.95. The van der Waals surface area contributed by atoms with Gasteiger partial charge in [0.25, 0.3) is 0 Å². The lowest BCUT2D eigenvalue weighted by Gasteiger charge is -2.19. The maximum absolute atomic E-state index is 10.8. The molecule has 2 aliphatic heterocycles. The summed E-state index contributed by atoms with van der Waals surface area (Å²) in [7, 11) is 0. The van der Waals surface area contributed by atoms with Crippen molar-refractivity contribution in [2.75, 3.05) is 6.79 Å². The number of imidazole rings is 1. The molecular formula is C19H16N2O3. The molecule has 0 radical (unpaired) electrons.